The maximum atomic E-state index is 13.7. The molecule has 1 unspecified atom stereocenters. The van der Waals surface area contributed by atoms with Gasteiger partial charge in [0.15, 0.2) is 0 Å². The highest BCUT2D eigenvalue weighted by molar-refractivity contribution is 5.91. The molecule has 6 nitrogen and oxygen atoms in total. The minimum Gasteiger partial charge on any atom is -0.386 e. The maximum absolute atomic E-state index is 13.7. The van der Waals surface area contributed by atoms with Gasteiger partial charge in [0.2, 0.25) is 0 Å². The van der Waals surface area contributed by atoms with Crippen LogP contribution in [0, 0.1) is 19.7 Å². The number of halogens is 1. The number of carbonyl (C=O) groups excluding carboxylic acids is 1. The number of hydrogen-bond donors (Lipinski definition) is 3. The van der Waals surface area contributed by atoms with Crippen molar-refractivity contribution in [2.24, 2.45) is 0 Å². The average molecular weight is 368 g/mol. The molecule has 3 N–H and O–H groups in total. The van der Waals surface area contributed by atoms with E-state index in [9.17, 15) is 14.3 Å². The summed E-state index contributed by atoms with van der Waals surface area (Å²) < 4.78 is 15.4. The zero-order chi connectivity index (χ0) is 19.4. The molecule has 0 fully saturated rings. The van der Waals surface area contributed by atoms with E-state index in [1.165, 1.54) is 12.1 Å². The van der Waals surface area contributed by atoms with Gasteiger partial charge in [0.1, 0.15) is 5.82 Å². The fourth-order valence-corrected chi connectivity index (χ4v) is 2.85. The van der Waals surface area contributed by atoms with Crippen molar-refractivity contribution >= 4 is 11.7 Å². The molecule has 0 spiro atoms. The molecule has 0 saturated heterocycles. The van der Waals surface area contributed by atoms with E-state index in [4.69, 9.17) is 0 Å². The lowest BCUT2D eigenvalue weighted by Gasteiger charge is -2.15. The Morgan fingerprint density at radius 3 is 2.59 bits per heavy atom. The third kappa shape index (κ3) is 4.32. The highest BCUT2D eigenvalue weighted by Crippen LogP contribution is 2.21. The molecular weight excluding hydrogens is 347 g/mol. The number of nitrogens with one attached hydrogen (secondary N) is 2. The van der Waals surface area contributed by atoms with Crippen molar-refractivity contribution in [3.05, 3.63) is 77.4 Å². The largest absolute Gasteiger partial charge is 0.386 e. The monoisotopic (exact) mass is 368 g/mol. The number of para-hydroxylation sites is 2. The summed E-state index contributed by atoms with van der Waals surface area (Å²) in [5.74, 6) is -0.512. The highest BCUT2D eigenvalue weighted by Gasteiger charge is 2.15. The molecule has 7 heteroatoms. The molecule has 1 heterocycles. The number of amides is 2. The normalized spacial score (nSPS) is 11.9. The van der Waals surface area contributed by atoms with Gasteiger partial charge in [-0.3, -0.25) is 0 Å². The Kier molecular flexibility index (Phi) is 5.52. The molecular formula is C20H21FN4O2. The number of urea groups is 1. The van der Waals surface area contributed by atoms with Crippen molar-refractivity contribution < 1.29 is 14.3 Å². The fraction of sp³-hybridized carbons (Fsp3) is 0.200. The third-order valence-electron chi connectivity index (χ3n) is 4.11. The lowest BCUT2D eigenvalue weighted by atomic mass is 10.1. The van der Waals surface area contributed by atoms with Crippen molar-refractivity contribution in [1.82, 2.24) is 15.1 Å². The summed E-state index contributed by atoms with van der Waals surface area (Å²) in [7, 11) is 0. The summed E-state index contributed by atoms with van der Waals surface area (Å²) >= 11 is 0. The Hall–Kier alpha value is -3.19. The lowest BCUT2D eigenvalue weighted by molar-refractivity contribution is 0.170. The molecule has 0 saturated carbocycles. The predicted molar refractivity (Wildman–Crippen MR) is 101 cm³/mol. The number of aromatic nitrogens is 2. The van der Waals surface area contributed by atoms with Gasteiger partial charge in [-0.2, -0.15) is 5.10 Å². The van der Waals surface area contributed by atoms with E-state index in [0.29, 0.717) is 5.69 Å². The van der Waals surface area contributed by atoms with Gasteiger partial charge in [0.25, 0.3) is 0 Å². The Morgan fingerprint density at radius 2 is 1.89 bits per heavy atom. The van der Waals surface area contributed by atoms with Crippen molar-refractivity contribution in [3.8, 4) is 5.69 Å². The Balaban J connectivity index is 1.68. The first-order valence-corrected chi connectivity index (χ1v) is 8.55. The number of carbonyl (C=O) groups is 1. The van der Waals surface area contributed by atoms with E-state index in [1.54, 1.807) is 28.9 Å². The van der Waals surface area contributed by atoms with Gasteiger partial charge < -0.3 is 15.7 Å². The van der Waals surface area contributed by atoms with E-state index in [1.807, 2.05) is 32.0 Å². The lowest BCUT2D eigenvalue weighted by Crippen LogP contribution is -2.33. The standard InChI is InChI=1S/C20H21FN4O2/c1-13-11-14(2)25(24-13)18-10-6-5-9-17(18)23-20(27)22-12-19(26)15-7-3-4-8-16(15)21/h3-11,19,26H,12H2,1-2H3,(H2,22,23,27). The van der Waals surface area contributed by atoms with Crippen molar-refractivity contribution in [1.29, 1.82) is 0 Å². The van der Waals surface area contributed by atoms with Crippen molar-refractivity contribution in [2.75, 3.05) is 11.9 Å². The van der Waals surface area contributed by atoms with Crippen LogP contribution in [-0.2, 0) is 0 Å². The molecule has 0 aliphatic carbocycles. The van der Waals surface area contributed by atoms with Crippen LogP contribution in [0.4, 0.5) is 14.9 Å². The fourth-order valence-electron chi connectivity index (χ4n) is 2.85. The summed E-state index contributed by atoms with van der Waals surface area (Å²) in [6.07, 6.45) is -1.14. The second-order valence-corrected chi connectivity index (χ2v) is 6.23. The van der Waals surface area contributed by atoms with Gasteiger partial charge in [-0.1, -0.05) is 30.3 Å². The number of rotatable bonds is 5. The summed E-state index contributed by atoms with van der Waals surface area (Å²) in [6, 6.07) is 14.6. The third-order valence-corrected chi connectivity index (χ3v) is 4.11. The van der Waals surface area contributed by atoms with Gasteiger partial charge >= 0.3 is 6.03 Å². The van der Waals surface area contributed by atoms with Gasteiger partial charge in [-0.05, 0) is 38.1 Å². The van der Waals surface area contributed by atoms with Crippen LogP contribution in [0.15, 0.2) is 54.6 Å². The van der Waals surface area contributed by atoms with E-state index in [2.05, 4.69) is 15.7 Å². The number of aryl methyl sites for hydroxylation is 2. The quantitative estimate of drug-likeness (QED) is 0.645. The molecule has 1 aromatic heterocycles. The predicted octanol–water partition coefficient (Wildman–Crippen LogP) is 3.48. The van der Waals surface area contributed by atoms with Gasteiger partial charge in [0.05, 0.1) is 23.2 Å². The molecule has 140 valence electrons. The average Bonchev–Trinajstić information content (AvgIpc) is 2.98. The molecule has 3 aromatic rings. The number of benzene rings is 2. The first kappa shape index (κ1) is 18.6. The van der Waals surface area contributed by atoms with Crippen LogP contribution >= 0.6 is 0 Å². The second kappa shape index (κ2) is 8.01. The summed E-state index contributed by atoms with van der Waals surface area (Å²) in [5, 5.41) is 19.8. The van der Waals surface area contributed by atoms with E-state index in [-0.39, 0.29) is 12.1 Å². The van der Waals surface area contributed by atoms with Crippen LogP contribution in [0.25, 0.3) is 5.69 Å². The van der Waals surface area contributed by atoms with Crippen LogP contribution in [0.2, 0.25) is 0 Å². The van der Waals surface area contributed by atoms with Crippen LogP contribution < -0.4 is 10.6 Å². The van der Waals surface area contributed by atoms with Crippen molar-refractivity contribution in [3.63, 3.8) is 0 Å². The van der Waals surface area contributed by atoms with Crippen LogP contribution in [0.3, 0.4) is 0 Å². The van der Waals surface area contributed by atoms with Crippen LogP contribution in [0.1, 0.15) is 23.1 Å². The molecule has 0 radical (unpaired) electrons. The minimum atomic E-state index is -1.14. The van der Waals surface area contributed by atoms with Crippen LogP contribution in [0.5, 0.6) is 0 Å². The molecule has 27 heavy (non-hydrogen) atoms. The zero-order valence-corrected chi connectivity index (χ0v) is 15.1. The van der Waals surface area contributed by atoms with E-state index in [0.717, 1.165) is 17.1 Å². The minimum absolute atomic E-state index is 0.116. The number of hydrogen-bond acceptors (Lipinski definition) is 3. The summed E-state index contributed by atoms with van der Waals surface area (Å²) in [4.78, 5) is 12.3. The molecule has 0 bridgehead atoms. The first-order valence-electron chi connectivity index (χ1n) is 8.55. The highest BCUT2D eigenvalue weighted by atomic mass is 19.1. The summed E-state index contributed by atoms with van der Waals surface area (Å²) in [5.41, 5.74) is 3.26. The Labute approximate surface area is 156 Å². The molecule has 3 rings (SSSR count). The Bertz CT molecular complexity index is 955. The zero-order valence-electron chi connectivity index (χ0n) is 15.1. The molecule has 2 amide bonds. The molecule has 0 aliphatic rings. The second-order valence-electron chi connectivity index (χ2n) is 6.23. The first-order chi connectivity index (χ1) is 13.0. The maximum Gasteiger partial charge on any atom is 0.319 e. The van der Waals surface area contributed by atoms with E-state index >= 15 is 0 Å². The molecule has 0 aliphatic heterocycles. The van der Waals surface area contributed by atoms with Crippen molar-refractivity contribution in [2.45, 2.75) is 20.0 Å². The number of anilines is 1. The number of aliphatic hydroxyl groups is 1. The van der Waals surface area contributed by atoms with Gasteiger partial charge in [-0.25, -0.2) is 13.9 Å². The summed E-state index contributed by atoms with van der Waals surface area (Å²) in [6.45, 7) is 3.72. The number of aliphatic hydroxyl groups excluding tert-OH is 1. The Morgan fingerprint density at radius 1 is 1.19 bits per heavy atom. The topological polar surface area (TPSA) is 79.2 Å². The van der Waals surface area contributed by atoms with Crippen LogP contribution in [-0.4, -0.2) is 27.5 Å². The van der Waals surface area contributed by atoms with Gasteiger partial charge in [-0.15, -0.1) is 0 Å². The smallest absolute Gasteiger partial charge is 0.319 e. The number of nitrogens with zero attached hydrogens (tertiary/aromatic N) is 2. The molecule has 2 aromatic carbocycles. The SMILES string of the molecule is Cc1cc(C)n(-c2ccccc2NC(=O)NCC(O)c2ccccc2F)n1. The van der Waals surface area contributed by atoms with Gasteiger partial charge in [0, 0.05) is 17.8 Å². The molecule has 1 atom stereocenters. The van der Waals surface area contributed by atoms with E-state index < -0.39 is 18.0 Å².